The second-order valence-electron chi connectivity index (χ2n) is 1.99. The Balaban J connectivity index is 2.43. The van der Waals surface area contributed by atoms with Gasteiger partial charge in [0.1, 0.15) is 0 Å². The van der Waals surface area contributed by atoms with Gasteiger partial charge < -0.3 is 9.67 Å². The van der Waals surface area contributed by atoms with E-state index < -0.39 is 5.97 Å². The monoisotopic (exact) mass is 152 g/mol. The molecule has 1 heterocycles. The third kappa shape index (κ3) is 2.66. The van der Waals surface area contributed by atoms with Gasteiger partial charge in [-0.25, -0.2) is 4.98 Å². The van der Waals surface area contributed by atoms with Crippen LogP contribution in [0, 0.1) is 0 Å². The first-order valence-corrected chi connectivity index (χ1v) is 3.15. The van der Waals surface area contributed by atoms with E-state index in [-0.39, 0.29) is 6.42 Å². The third-order valence-electron chi connectivity index (χ3n) is 1.09. The van der Waals surface area contributed by atoms with Crippen molar-refractivity contribution in [3.63, 3.8) is 0 Å². The van der Waals surface area contributed by atoms with Gasteiger partial charge in [0.2, 0.25) is 0 Å². The maximum Gasteiger partial charge on any atom is 0.307 e. The molecule has 0 aliphatic heterocycles. The summed E-state index contributed by atoms with van der Waals surface area (Å²) in [5, 5.41) is 8.27. The Labute approximate surface area is 63.8 Å². The second kappa shape index (κ2) is 3.55. The minimum atomic E-state index is -0.832. The van der Waals surface area contributed by atoms with Crippen LogP contribution in [-0.4, -0.2) is 20.6 Å². The van der Waals surface area contributed by atoms with Crippen LogP contribution < -0.4 is 0 Å². The Morgan fingerprint density at radius 3 is 3.09 bits per heavy atom. The highest BCUT2D eigenvalue weighted by molar-refractivity contribution is 5.69. The quantitative estimate of drug-likeness (QED) is 0.697. The van der Waals surface area contributed by atoms with Crippen molar-refractivity contribution in [1.82, 2.24) is 9.55 Å². The minimum absolute atomic E-state index is 0.0399. The van der Waals surface area contributed by atoms with E-state index >= 15 is 0 Å². The molecule has 58 valence electrons. The summed E-state index contributed by atoms with van der Waals surface area (Å²) in [7, 11) is 0. The molecule has 0 radical (unpaired) electrons. The maximum absolute atomic E-state index is 10.1. The molecule has 1 N–H and O–H groups in total. The van der Waals surface area contributed by atoms with Gasteiger partial charge in [-0.1, -0.05) is 6.08 Å². The van der Waals surface area contributed by atoms with Gasteiger partial charge in [0, 0.05) is 18.6 Å². The topological polar surface area (TPSA) is 55.1 Å². The first-order valence-electron chi connectivity index (χ1n) is 3.15. The molecule has 0 aromatic carbocycles. The van der Waals surface area contributed by atoms with Crippen LogP contribution >= 0.6 is 0 Å². The van der Waals surface area contributed by atoms with E-state index in [4.69, 9.17) is 5.11 Å². The lowest BCUT2D eigenvalue weighted by Crippen LogP contribution is -1.90. The SMILES string of the molecule is O=C(O)C/C=C/n1ccnc1. The highest BCUT2D eigenvalue weighted by Crippen LogP contribution is 1.89. The van der Waals surface area contributed by atoms with Crippen molar-refractivity contribution in [2.75, 3.05) is 0 Å². The van der Waals surface area contributed by atoms with Gasteiger partial charge in [0.15, 0.2) is 0 Å². The molecule has 0 fully saturated rings. The van der Waals surface area contributed by atoms with E-state index in [1.165, 1.54) is 0 Å². The van der Waals surface area contributed by atoms with Gasteiger partial charge in [-0.15, -0.1) is 0 Å². The molecule has 4 heteroatoms. The molecule has 0 unspecified atom stereocenters. The molecule has 0 spiro atoms. The molecule has 0 aliphatic carbocycles. The highest BCUT2D eigenvalue weighted by atomic mass is 16.4. The molecule has 11 heavy (non-hydrogen) atoms. The minimum Gasteiger partial charge on any atom is -0.481 e. The van der Waals surface area contributed by atoms with Crippen molar-refractivity contribution in [3.05, 3.63) is 24.8 Å². The van der Waals surface area contributed by atoms with Crippen molar-refractivity contribution >= 4 is 12.2 Å². The van der Waals surface area contributed by atoms with Gasteiger partial charge in [0.25, 0.3) is 0 Å². The largest absolute Gasteiger partial charge is 0.481 e. The lowest BCUT2D eigenvalue weighted by molar-refractivity contribution is -0.135. The Morgan fingerprint density at radius 1 is 1.73 bits per heavy atom. The molecule has 0 aliphatic rings. The Kier molecular flexibility index (Phi) is 2.43. The van der Waals surface area contributed by atoms with Crippen LogP contribution in [0.15, 0.2) is 24.8 Å². The molecule has 1 aromatic rings. The smallest absolute Gasteiger partial charge is 0.307 e. The van der Waals surface area contributed by atoms with E-state index in [1.807, 2.05) is 0 Å². The van der Waals surface area contributed by atoms with Crippen LogP contribution in [0.2, 0.25) is 0 Å². The van der Waals surface area contributed by atoms with Crippen LogP contribution in [0.5, 0.6) is 0 Å². The average Bonchev–Trinajstić information content (AvgIpc) is 2.39. The summed E-state index contributed by atoms with van der Waals surface area (Å²) < 4.78 is 1.68. The number of rotatable bonds is 3. The second-order valence-corrected chi connectivity index (χ2v) is 1.99. The molecule has 1 aromatic heterocycles. The zero-order valence-corrected chi connectivity index (χ0v) is 5.84. The number of aromatic nitrogens is 2. The van der Waals surface area contributed by atoms with Crippen LogP contribution in [0.25, 0.3) is 6.20 Å². The number of nitrogens with zero attached hydrogens (tertiary/aromatic N) is 2. The molecular formula is C7H8N2O2. The molecule has 0 atom stereocenters. The first-order chi connectivity index (χ1) is 5.29. The number of hydrogen-bond acceptors (Lipinski definition) is 2. The number of carboxylic acid groups (broad SMARTS) is 1. The highest BCUT2D eigenvalue weighted by Gasteiger charge is 1.88. The van der Waals surface area contributed by atoms with Crippen molar-refractivity contribution < 1.29 is 9.90 Å². The zero-order valence-electron chi connectivity index (χ0n) is 5.84. The first kappa shape index (κ1) is 7.53. The predicted molar refractivity (Wildman–Crippen MR) is 39.8 cm³/mol. The van der Waals surface area contributed by atoms with E-state index in [2.05, 4.69) is 4.98 Å². The standard InChI is InChI=1S/C7H8N2O2/c10-7(11)2-1-4-9-5-3-8-6-9/h1,3-6H,2H2,(H,10,11)/b4-1+. The number of carboxylic acids is 1. The van der Waals surface area contributed by atoms with Gasteiger partial charge in [-0.3, -0.25) is 4.79 Å². The lowest BCUT2D eigenvalue weighted by Gasteiger charge is -1.87. The van der Waals surface area contributed by atoms with E-state index in [0.29, 0.717) is 0 Å². The van der Waals surface area contributed by atoms with Crippen molar-refractivity contribution in [2.24, 2.45) is 0 Å². The summed E-state index contributed by atoms with van der Waals surface area (Å²) in [5.41, 5.74) is 0. The van der Waals surface area contributed by atoms with Crippen molar-refractivity contribution in [3.8, 4) is 0 Å². The summed E-state index contributed by atoms with van der Waals surface area (Å²) >= 11 is 0. The summed E-state index contributed by atoms with van der Waals surface area (Å²) in [5.74, 6) is -0.832. The summed E-state index contributed by atoms with van der Waals surface area (Å²) in [6, 6.07) is 0. The predicted octanol–water partition coefficient (Wildman–Crippen LogP) is 0.829. The number of carbonyl (C=O) groups is 1. The molecule has 0 amide bonds. The average molecular weight is 152 g/mol. The Bertz CT molecular complexity index is 251. The van der Waals surface area contributed by atoms with Crippen LogP contribution in [0.4, 0.5) is 0 Å². The fraction of sp³-hybridized carbons (Fsp3) is 0.143. The van der Waals surface area contributed by atoms with Crippen LogP contribution in [-0.2, 0) is 4.79 Å². The van der Waals surface area contributed by atoms with E-state index in [1.54, 1.807) is 35.6 Å². The fourth-order valence-corrected chi connectivity index (χ4v) is 0.633. The van der Waals surface area contributed by atoms with Crippen molar-refractivity contribution in [2.45, 2.75) is 6.42 Å². The zero-order chi connectivity index (χ0) is 8.10. The summed E-state index contributed by atoms with van der Waals surface area (Å²) in [4.78, 5) is 13.8. The third-order valence-corrected chi connectivity index (χ3v) is 1.09. The Morgan fingerprint density at radius 2 is 2.55 bits per heavy atom. The van der Waals surface area contributed by atoms with Gasteiger partial charge in [-0.05, 0) is 0 Å². The van der Waals surface area contributed by atoms with Gasteiger partial charge in [-0.2, -0.15) is 0 Å². The van der Waals surface area contributed by atoms with E-state index in [9.17, 15) is 4.79 Å². The molecule has 1 rings (SSSR count). The summed E-state index contributed by atoms with van der Waals surface area (Å²) in [6.45, 7) is 0. The number of imidazole rings is 1. The van der Waals surface area contributed by atoms with Gasteiger partial charge >= 0.3 is 5.97 Å². The Hall–Kier alpha value is -1.58. The summed E-state index contributed by atoms with van der Waals surface area (Å²) in [6.07, 6.45) is 8.21. The normalized spacial score (nSPS) is 10.5. The maximum atomic E-state index is 10.1. The van der Waals surface area contributed by atoms with Crippen molar-refractivity contribution in [1.29, 1.82) is 0 Å². The molecule has 0 saturated carbocycles. The number of aliphatic carboxylic acids is 1. The fourth-order valence-electron chi connectivity index (χ4n) is 0.633. The van der Waals surface area contributed by atoms with Crippen LogP contribution in [0.3, 0.4) is 0 Å². The van der Waals surface area contributed by atoms with Crippen LogP contribution in [0.1, 0.15) is 6.42 Å². The molecule has 0 bridgehead atoms. The lowest BCUT2D eigenvalue weighted by atomic mass is 10.4. The number of hydrogen-bond donors (Lipinski definition) is 1. The molecule has 0 saturated heterocycles. The molecule has 4 nitrogen and oxygen atoms in total. The van der Waals surface area contributed by atoms with E-state index in [0.717, 1.165) is 0 Å². The van der Waals surface area contributed by atoms with Gasteiger partial charge in [0.05, 0.1) is 12.7 Å². The molecular weight excluding hydrogens is 144 g/mol.